The lowest BCUT2D eigenvalue weighted by Gasteiger charge is -2.28. The van der Waals surface area contributed by atoms with Crippen LogP contribution in [0.3, 0.4) is 0 Å². The summed E-state index contributed by atoms with van der Waals surface area (Å²) in [6.45, 7) is 26.9. The van der Waals surface area contributed by atoms with Gasteiger partial charge in [0, 0.05) is 16.4 Å². The SMILES string of the molecule is CC(C)(C)c1ccc(OPOc2ccc(C(C)(C)C)cc2C(C)(C)C)c(C(C)(C)C)c1.OP(O)c1cccc2ccccc12. The molecule has 0 aliphatic heterocycles. The third-order valence-electron chi connectivity index (χ3n) is 7.59. The van der Waals surface area contributed by atoms with Gasteiger partial charge in [0.05, 0.1) is 0 Å². The molecule has 4 aromatic carbocycles. The summed E-state index contributed by atoms with van der Waals surface area (Å²) in [5.41, 5.74) is 5.27. The first-order valence-corrected chi connectivity index (χ1v) is 17.3. The highest BCUT2D eigenvalue weighted by molar-refractivity contribution is 7.54. The van der Waals surface area contributed by atoms with Gasteiger partial charge in [-0.1, -0.05) is 144 Å². The zero-order valence-corrected chi connectivity index (χ0v) is 30.6. The first kappa shape index (κ1) is 36.0. The van der Waals surface area contributed by atoms with Gasteiger partial charge in [-0.25, -0.2) is 0 Å². The van der Waals surface area contributed by atoms with E-state index in [1.807, 2.05) is 36.4 Å². The molecule has 0 aromatic heterocycles. The Morgan fingerprint density at radius 1 is 0.523 bits per heavy atom. The predicted molar refractivity (Wildman–Crippen MR) is 192 cm³/mol. The van der Waals surface area contributed by atoms with Crippen molar-refractivity contribution < 1.29 is 18.8 Å². The first-order chi connectivity index (χ1) is 20.2. The van der Waals surface area contributed by atoms with Gasteiger partial charge in [0.2, 0.25) is 0 Å². The molecule has 0 spiro atoms. The zero-order chi connectivity index (χ0) is 33.1. The molecule has 2 N–H and O–H groups in total. The summed E-state index contributed by atoms with van der Waals surface area (Å²) in [4.78, 5) is 18.3. The molecular formula is C38H52O4P2. The molecule has 0 unspecified atom stereocenters. The molecule has 4 nitrogen and oxygen atoms in total. The fourth-order valence-electron chi connectivity index (χ4n) is 4.84. The van der Waals surface area contributed by atoms with Crippen molar-refractivity contribution in [3.8, 4) is 11.5 Å². The molecule has 4 rings (SSSR count). The van der Waals surface area contributed by atoms with Crippen LogP contribution >= 0.6 is 17.4 Å². The standard InChI is InChI=1S/C28H43O2P.C10H9O2P/c1-25(2,3)19-13-15-23(21(17-19)27(7,8)9)29-31-30-24-16-14-20(26(4,5)6)18-22(24)28(10,11)12;11-13(12)10-7-3-5-8-4-1-2-6-9(8)10/h13-18,31H,1-12H3;1-7,11-12H. The van der Waals surface area contributed by atoms with Crippen molar-refractivity contribution in [2.45, 2.75) is 105 Å². The van der Waals surface area contributed by atoms with Gasteiger partial charge in [0.25, 0.3) is 9.03 Å². The molecule has 0 aliphatic carbocycles. The van der Waals surface area contributed by atoms with Crippen LogP contribution in [0.4, 0.5) is 0 Å². The van der Waals surface area contributed by atoms with E-state index in [-0.39, 0.29) is 30.7 Å². The number of rotatable bonds is 5. The molecule has 0 saturated heterocycles. The Balaban J connectivity index is 0.000000335. The smallest absolute Gasteiger partial charge is 0.275 e. The molecule has 238 valence electrons. The molecule has 0 aliphatic rings. The van der Waals surface area contributed by atoms with Crippen molar-refractivity contribution in [2.75, 3.05) is 0 Å². The molecule has 6 heteroatoms. The maximum Gasteiger partial charge on any atom is 0.275 e. The summed E-state index contributed by atoms with van der Waals surface area (Å²) < 4.78 is 12.4. The quantitative estimate of drug-likeness (QED) is 0.215. The van der Waals surface area contributed by atoms with Crippen LogP contribution in [-0.2, 0) is 21.7 Å². The van der Waals surface area contributed by atoms with Crippen molar-refractivity contribution in [1.29, 1.82) is 0 Å². The van der Waals surface area contributed by atoms with E-state index in [1.54, 1.807) is 6.07 Å². The molecule has 0 bridgehead atoms. The number of hydrogen-bond donors (Lipinski definition) is 2. The summed E-state index contributed by atoms with van der Waals surface area (Å²) in [5.74, 6) is 1.81. The molecule has 0 saturated carbocycles. The highest BCUT2D eigenvalue weighted by Crippen LogP contribution is 2.41. The van der Waals surface area contributed by atoms with Gasteiger partial charge < -0.3 is 18.8 Å². The Kier molecular flexibility index (Phi) is 11.4. The highest BCUT2D eigenvalue weighted by Gasteiger charge is 2.25. The van der Waals surface area contributed by atoms with Crippen LogP contribution in [-0.4, -0.2) is 9.79 Å². The van der Waals surface area contributed by atoms with Gasteiger partial charge in [-0.3, -0.25) is 0 Å². The first-order valence-electron chi connectivity index (χ1n) is 15.2. The van der Waals surface area contributed by atoms with Gasteiger partial charge in [0.1, 0.15) is 11.5 Å². The number of hydrogen-bond acceptors (Lipinski definition) is 4. The van der Waals surface area contributed by atoms with Crippen LogP contribution in [0.1, 0.15) is 105 Å². The summed E-state index contributed by atoms with van der Waals surface area (Å²) in [6.07, 6.45) is 0. The maximum atomic E-state index is 9.14. The summed E-state index contributed by atoms with van der Waals surface area (Å²) in [5, 5.41) is 2.57. The fraction of sp³-hybridized carbons (Fsp3) is 0.421. The molecular weight excluding hydrogens is 582 g/mol. The van der Waals surface area contributed by atoms with E-state index in [9.17, 15) is 0 Å². The minimum atomic E-state index is -2.00. The van der Waals surface area contributed by atoms with Crippen LogP contribution in [0, 0.1) is 0 Å². The lowest BCUT2D eigenvalue weighted by Crippen LogP contribution is -2.17. The van der Waals surface area contributed by atoms with Crippen molar-refractivity contribution in [3.63, 3.8) is 0 Å². The fourth-order valence-corrected chi connectivity index (χ4v) is 6.05. The van der Waals surface area contributed by atoms with E-state index in [2.05, 4.69) is 119 Å². The van der Waals surface area contributed by atoms with E-state index in [4.69, 9.17) is 18.8 Å². The van der Waals surface area contributed by atoms with E-state index in [0.717, 1.165) is 22.3 Å². The molecule has 0 atom stereocenters. The van der Waals surface area contributed by atoms with Gasteiger partial charge >= 0.3 is 0 Å². The van der Waals surface area contributed by atoms with E-state index in [0.29, 0.717) is 5.30 Å². The topological polar surface area (TPSA) is 58.9 Å². The second kappa shape index (κ2) is 13.9. The Morgan fingerprint density at radius 2 is 0.955 bits per heavy atom. The molecule has 0 radical (unpaired) electrons. The van der Waals surface area contributed by atoms with E-state index >= 15 is 0 Å². The Bertz CT molecular complexity index is 1470. The van der Waals surface area contributed by atoms with Crippen molar-refractivity contribution in [2.24, 2.45) is 0 Å². The van der Waals surface area contributed by atoms with Crippen LogP contribution in [0.15, 0.2) is 78.9 Å². The Morgan fingerprint density at radius 3 is 1.36 bits per heavy atom. The summed E-state index contributed by atoms with van der Waals surface area (Å²) in [7, 11) is -2.09. The van der Waals surface area contributed by atoms with Crippen LogP contribution in [0.25, 0.3) is 10.8 Å². The van der Waals surface area contributed by atoms with Gasteiger partial charge in [-0.15, -0.1) is 0 Å². The number of fused-ring (bicyclic) bond motifs is 1. The van der Waals surface area contributed by atoms with E-state index < -0.39 is 8.38 Å². The average molecular weight is 635 g/mol. The third-order valence-corrected chi connectivity index (χ3v) is 9.02. The van der Waals surface area contributed by atoms with Crippen LogP contribution < -0.4 is 14.4 Å². The largest absolute Gasteiger partial charge is 0.440 e. The third kappa shape index (κ3) is 9.51. The monoisotopic (exact) mass is 634 g/mol. The molecule has 44 heavy (non-hydrogen) atoms. The van der Waals surface area contributed by atoms with Crippen molar-refractivity contribution in [3.05, 3.63) is 101 Å². The van der Waals surface area contributed by atoms with Crippen LogP contribution in [0.2, 0.25) is 0 Å². The number of benzene rings is 4. The minimum absolute atomic E-state index is 0.00794. The van der Waals surface area contributed by atoms with Gasteiger partial charge in [-0.05, 0) is 61.8 Å². The summed E-state index contributed by atoms with van der Waals surface area (Å²) in [6, 6.07) is 26.3. The molecule has 0 heterocycles. The van der Waals surface area contributed by atoms with Crippen molar-refractivity contribution in [1.82, 2.24) is 0 Å². The lowest BCUT2D eigenvalue weighted by molar-refractivity contribution is 0.476. The normalized spacial score (nSPS) is 12.6. The average Bonchev–Trinajstić information content (AvgIpc) is 2.91. The van der Waals surface area contributed by atoms with Crippen LogP contribution in [0.5, 0.6) is 11.5 Å². The summed E-state index contributed by atoms with van der Waals surface area (Å²) >= 11 is 0. The van der Waals surface area contributed by atoms with E-state index in [1.165, 1.54) is 22.3 Å². The predicted octanol–water partition coefficient (Wildman–Crippen LogP) is 10.6. The highest BCUT2D eigenvalue weighted by atomic mass is 31.2. The van der Waals surface area contributed by atoms with Gasteiger partial charge in [0.15, 0.2) is 8.38 Å². The molecule has 0 fully saturated rings. The Hall–Kier alpha value is -2.48. The second-order valence-corrected chi connectivity index (χ2v) is 17.1. The van der Waals surface area contributed by atoms with Gasteiger partial charge in [-0.2, -0.15) is 0 Å². The minimum Gasteiger partial charge on any atom is -0.440 e. The zero-order valence-electron chi connectivity index (χ0n) is 28.7. The molecule has 0 amide bonds. The molecule has 4 aromatic rings. The second-order valence-electron chi connectivity index (χ2n) is 15.5. The van der Waals surface area contributed by atoms with Crippen molar-refractivity contribution >= 4 is 33.5 Å². The Labute approximate surface area is 269 Å². The lowest BCUT2D eigenvalue weighted by atomic mass is 9.80. The maximum absolute atomic E-state index is 9.14.